The first-order valence-corrected chi connectivity index (χ1v) is 12.2. The van der Waals surface area contributed by atoms with Gasteiger partial charge in [0.25, 0.3) is 0 Å². The van der Waals surface area contributed by atoms with E-state index in [0.29, 0.717) is 35.4 Å². The lowest BCUT2D eigenvalue weighted by Gasteiger charge is -2.33. The summed E-state index contributed by atoms with van der Waals surface area (Å²) in [6.45, 7) is 3.31. The number of hydrogen-bond donors (Lipinski definition) is 3. The first kappa shape index (κ1) is 25.9. The van der Waals surface area contributed by atoms with Crippen LogP contribution in [-0.4, -0.2) is 55.4 Å². The molecule has 0 bridgehead atoms. The van der Waals surface area contributed by atoms with Crippen molar-refractivity contribution in [1.29, 1.82) is 0 Å². The van der Waals surface area contributed by atoms with Crippen LogP contribution in [0.3, 0.4) is 0 Å². The molecule has 2 aromatic carbocycles. The fraction of sp³-hybridized carbons (Fsp3) is 0.370. The number of nitrogens with one attached hydrogen (secondary N) is 2. The molecule has 10 heteroatoms. The van der Waals surface area contributed by atoms with Crippen molar-refractivity contribution in [2.75, 3.05) is 44.6 Å². The number of carbonyl (C=O) groups is 1. The molecule has 1 saturated heterocycles. The predicted octanol–water partition coefficient (Wildman–Crippen LogP) is 4.05. The van der Waals surface area contributed by atoms with Crippen LogP contribution >= 0.6 is 0 Å². The maximum atomic E-state index is 13.0. The summed E-state index contributed by atoms with van der Waals surface area (Å²) >= 11 is 0. The highest BCUT2D eigenvalue weighted by Crippen LogP contribution is 2.40. The second kappa shape index (κ2) is 11.7. The number of aromatic nitrogens is 2. The average Bonchev–Trinajstić information content (AvgIpc) is 2.93. The van der Waals surface area contributed by atoms with Gasteiger partial charge in [-0.2, -0.15) is 4.98 Å². The van der Waals surface area contributed by atoms with Crippen LogP contribution in [0.1, 0.15) is 31.4 Å². The number of piperidine rings is 1. The SMILES string of the molecule is COc1cc(Nc2nccc(N3CCC[C@H](C(=O)NC(C)c4ccc(O)cc4)C3)n2)cc(OC)c1OC. The molecule has 1 unspecified atom stereocenters. The fourth-order valence-corrected chi connectivity index (χ4v) is 4.44. The molecular weight excluding hydrogens is 474 g/mol. The Bertz CT molecular complexity index is 1200. The highest BCUT2D eigenvalue weighted by Gasteiger charge is 2.28. The number of hydrogen-bond acceptors (Lipinski definition) is 9. The van der Waals surface area contributed by atoms with Gasteiger partial charge < -0.3 is 34.9 Å². The molecule has 1 amide bonds. The van der Waals surface area contributed by atoms with Gasteiger partial charge in [0, 0.05) is 37.1 Å². The highest BCUT2D eigenvalue weighted by atomic mass is 16.5. The van der Waals surface area contributed by atoms with Crippen molar-refractivity contribution in [2.24, 2.45) is 5.92 Å². The van der Waals surface area contributed by atoms with Crippen LogP contribution in [0.2, 0.25) is 0 Å². The van der Waals surface area contributed by atoms with Gasteiger partial charge in [-0.3, -0.25) is 4.79 Å². The number of benzene rings is 2. The van der Waals surface area contributed by atoms with Crippen LogP contribution in [0, 0.1) is 5.92 Å². The number of phenolic OH excluding ortho intramolecular Hbond substituents is 1. The normalized spacial score (nSPS) is 16.0. The van der Waals surface area contributed by atoms with E-state index < -0.39 is 0 Å². The van der Waals surface area contributed by atoms with Gasteiger partial charge in [-0.15, -0.1) is 0 Å². The highest BCUT2D eigenvalue weighted by molar-refractivity contribution is 5.80. The summed E-state index contributed by atoms with van der Waals surface area (Å²) in [5, 5.41) is 15.8. The van der Waals surface area contributed by atoms with Crippen molar-refractivity contribution < 1.29 is 24.1 Å². The second-order valence-corrected chi connectivity index (χ2v) is 8.88. The summed E-state index contributed by atoms with van der Waals surface area (Å²) in [6.07, 6.45) is 3.39. The van der Waals surface area contributed by atoms with Crippen LogP contribution < -0.4 is 29.7 Å². The van der Waals surface area contributed by atoms with E-state index in [9.17, 15) is 9.90 Å². The molecule has 1 aliphatic heterocycles. The Morgan fingerprint density at radius 1 is 1.08 bits per heavy atom. The Balaban J connectivity index is 1.44. The van der Waals surface area contributed by atoms with Crippen molar-refractivity contribution in [3.63, 3.8) is 0 Å². The van der Waals surface area contributed by atoms with Crippen LogP contribution in [0.4, 0.5) is 17.5 Å². The molecule has 3 N–H and O–H groups in total. The summed E-state index contributed by atoms with van der Waals surface area (Å²) in [6, 6.07) is 12.1. The minimum Gasteiger partial charge on any atom is -0.508 e. The van der Waals surface area contributed by atoms with Crippen molar-refractivity contribution in [3.05, 3.63) is 54.2 Å². The molecule has 4 rings (SSSR count). The number of anilines is 3. The van der Waals surface area contributed by atoms with Crippen molar-refractivity contribution in [3.8, 4) is 23.0 Å². The van der Waals surface area contributed by atoms with E-state index in [2.05, 4.69) is 20.5 Å². The average molecular weight is 508 g/mol. The summed E-state index contributed by atoms with van der Waals surface area (Å²) in [5.41, 5.74) is 1.63. The quantitative estimate of drug-likeness (QED) is 0.394. The lowest BCUT2D eigenvalue weighted by atomic mass is 9.96. The molecule has 0 radical (unpaired) electrons. The van der Waals surface area contributed by atoms with Crippen LogP contribution in [0.15, 0.2) is 48.7 Å². The molecule has 10 nitrogen and oxygen atoms in total. The van der Waals surface area contributed by atoms with Crippen LogP contribution in [0.5, 0.6) is 23.0 Å². The number of ether oxygens (including phenoxy) is 3. The first-order chi connectivity index (χ1) is 17.9. The lowest BCUT2D eigenvalue weighted by Crippen LogP contribution is -2.44. The van der Waals surface area contributed by atoms with Crippen molar-refractivity contribution in [2.45, 2.75) is 25.8 Å². The molecule has 2 heterocycles. The van der Waals surface area contributed by atoms with E-state index in [1.165, 1.54) is 0 Å². The zero-order valence-electron chi connectivity index (χ0n) is 21.5. The monoisotopic (exact) mass is 507 g/mol. The third kappa shape index (κ3) is 6.14. The standard InChI is InChI=1S/C27H33N5O5/c1-17(18-7-9-21(33)10-8-18)29-26(34)19-6-5-13-32(16-19)24-11-12-28-27(31-24)30-20-14-22(35-2)25(37-4)23(15-20)36-3/h7-12,14-15,17,19,33H,5-6,13,16H2,1-4H3,(H,29,34)(H,28,30,31)/t17?,19-/m0/s1. The van der Waals surface area contributed by atoms with Crippen LogP contribution in [0.25, 0.3) is 0 Å². The van der Waals surface area contributed by atoms with E-state index in [0.717, 1.165) is 30.8 Å². The van der Waals surface area contributed by atoms with Gasteiger partial charge in [0.1, 0.15) is 11.6 Å². The van der Waals surface area contributed by atoms with Crippen molar-refractivity contribution in [1.82, 2.24) is 15.3 Å². The predicted molar refractivity (Wildman–Crippen MR) is 141 cm³/mol. The van der Waals surface area contributed by atoms with E-state index in [4.69, 9.17) is 19.2 Å². The molecule has 1 aliphatic rings. The zero-order valence-corrected chi connectivity index (χ0v) is 21.5. The van der Waals surface area contributed by atoms with Gasteiger partial charge in [-0.05, 0) is 43.5 Å². The number of carbonyl (C=O) groups excluding carboxylic acids is 1. The lowest BCUT2D eigenvalue weighted by molar-refractivity contribution is -0.125. The molecule has 0 saturated carbocycles. The van der Waals surface area contributed by atoms with Crippen LogP contribution in [-0.2, 0) is 4.79 Å². The second-order valence-electron chi connectivity index (χ2n) is 8.88. The maximum Gasteiger partial charge on any atom is 0.229 e. The summed E-state index contributed by atoms with van der Waals surface area (Å²) < 4.78 is 16.2. The molecule has 2 atom stereocenters. The Hall–Kier alpha value is -4.21. The van der Waals surface area contributed by atoms with Gasteiger partial charge >= 0.3 is 0 Å². The minimum atomic E-state index is -0.158. The van der Waals surface area contributed by atoms with Gasteiger partial charge in [-0.25, -0.2) is 4.98 Å². The Labute approximate surface area is 216 Å². The van der Waals surface area contributed by atoms with E-state index >= 15 is 0 Å². The smallest absolute Gasteiger partial charge is 0.229 e. The molecule has 0 aliphatic carbocycles. The molecule has 0 spiro atoms. The van der Waals surface area contributed by atoms with Crippen molar-refractivity contribution >= 4 is 23.4 Å². The third-order valence-corrected chi connectivity index (χ3v) is 6.43. The molecular formula is C27H33N5O5. The summed E-state index contributed by atoms with van der Waals surface area (Å²) in [7, 11) is 4.68. The summed E-state index contributed by atoms with van der Waals surface area (Å²) in [5.74, 6) is 2.76. The number of rotatable bonds is 9. The number of methoxy groups -OCH3 is 3. The molecule has 37 heavy (non-hydrogen) atoms. The third-order valence-electron chi connectivity index (χ3n) is 6.43. The summed E-state index contributed by atoms with van der Waals surface area (Å²) in [4.78, 5) is 24.2. The van der Waals surface area contributed by atoms with Gasteiger partial charge in [0.2, 0.25) is 17.6 Å². The zero-order chi connectivity index (χ0) is 26.4. The number of aromatic hydroxyl groups is 1. The largest absolute Gasteiger partial charge is 0.508 e. The number of nitrogens with zero attached hydrogens (tertiary/aromatic N) is 3. The first-order valence-electron chi connectivity index (χ1n) is 12.2. The van der Waals surface area contributed by atoms with E-state index in [1.54, 1.807) is 51.8 Å². The Morgan fingerprint density at radius 2 is 1.78 bits per heavy atom. The molecule has 3 aromatic rings. The van der Waals surface area contributed by atoms with E-state index in [1.807, 2.05) is 25.1 Å². The minimum absolute atomic E-state index is 0.00935. The van der Waals surface area contributed by atoms with Gasteiger partial charge in [0.15, 0.2) is 11.5 Å². The number of phenols is 1. The molecule has 1 aromatic heterocycles. The fourth-order valence-electron chi connectivity index (χ4n) is 4.44. The molecule has 196 valence electrons. The topological polar surface area (TPSA) is 118 Å². The molecule has 1 fully saturated rings. The number of amides is 1. The maximum absolute atomic E-state index is 13.0. The Kier molecular flexibility index (Phi) is 8.17. The Morgan fingerprint density at radius 3 is 2.43 bits per heavy atom. The van der Waals surface area contributed by atoms with Gasteiger partial charge in [-0.1, -0.05) is 12.1 Å². The van der Waals surface area contributed by atoms with Gasteiger partial charge in [0.05, 0.1) is 33.3 Å². The van der Waals surface area contributed by atoms with E-state index in [-0.39, 0.29) is 23.6 Å².